The van der Waals surface area contributed by atoms with Gasteiger partial charge in [-0.05, 0) is 80.8 Å². The molecule has 1 unspecified atom stereocenters. The number of carbonyl (C=O) groups excluding carboxylic acids is 6. The van der Waals surface area contributed by atoms with E-state index >= 15 is 0 Å². The summed E-state index contributed by atoms with van der Waals surface area (Å²) < 4.78 is 64.2. The molecule has 2 aromatic carbocycles. The average molecular weight is 859 g/mol. The Bertz CT molecular complexity index is 2110. The van der Waals surface area contributed by atoms with Gasteiger partial charge in [-0.3, -0.25) is 19.1 Å². The van der Waals surface area contributed by atoms with Crippen LogP contribution in [-0.4, -0.2) is 90.4 Å². The highest BCUT2D eigenvalue weighted by Crippen LogP contribution is 2.45. The lowest BCUT2D eigenvalue weighted by atomic mass is 9.85. The van der Waals surface area contributed by atoms with Crippen molar-refractivity contribution in [3.05, 3.63) is 83.9 Å². The van der Waals surface area contributed by atoms with Crippen LogP contribution in [0.2, 0.25) is 0 Å². The van der Waals surface area contributed by atoms with E-state index in [4.69, 9.17) is 9.47 Å². The quantitative estimate of drug-likeness (QED) is 0.127. The van der Waals surface area contributed by atoms with Gasteiger partial charge in [-0.2, -0.15) is 0 Å². The molecule has 3 aliphatic rings. The third kappa shape index (κ3) is 13.2. The van der Waals surface area contributed by atoms with Crippen LogP contribution in [0.1, 0.15) is 78.4 Å². The summed E-state index contributed by atoms with van der Waals surface area (Å²) in [5.41, 5.74) is -2.20. The standard InChI is InChI=1S/C33H46FN5O9S.C8H6FNO/c1-8-20-16-33(20,28(42)38-49(45,46)23-12-13-23)37-26(40)24-15-22(47-29(43)35-17-19-10-9-11-21(34)14-19)18-39(24)27(41)25(31(2,3)4)36-30(44)48-32(5,6)7;9-8-3-1-2-7(4-8)5-10-6-11/h8-11,14,20,22-25H,1,12-13,15-18H2,2-7H3,(H,35,43)(H,36,44)(H,37,40)(H,38,42);1-4H,5H2/t20?,22-,24+,25-,33-;/m1./s1. The minimum atomic E-state index is -3.93. The van der Waals surface area contributed by atoms with E-state index in [2.05, 4.69) is 32.2 Å². The number of benzene rings is 2. The van der Waals surface area contributed by atoms with Crippen molar-refractivity contribution in [2.24, 2.45) is 16.3 Å². The molecule has 60 heavy (non-hydrogen) atoms. The number of sulfonamides is 1. The molecule has 2 aromatic rings. The Hall–Kier alpha value is -5.68. The first kappa shape index (κ1) is 47.0. The summed E-state index contributed by atoms with van der Waals surface area (Å²) in [6.07, 6.45) is 0.860. The second-order valence-electron chi connectivity index (χ2n) is 16.9. The van der Waals surface area contributed by atoms with Crippen LogP contribution in [0.15, 0.2) is 66.2 Å². The average Bonchev–Trinajstić information content (AvgIpc) is 4.08. The number of rotatable bonds is 13. The second kappa shape index (κ2) is 19.1. The monoisotopic (exact) mass is 858 g/mol. The van der Waals surface area contributed by atoms with Crippen molar-refractivity contribution >= 4 is 46.0 Å². The highest BCUT2D eigenvalue weighted by molar-refractivity contribution is 7.91. The Labute approximate surface area is 348 Å². The molecule has 0 radical (unpaired) electrons. The van der Waals surface area contributed by atoms with Gasteiger partial charge < -0.3 is 30.3 Å². The fourth-order valence-electron chi connectivity index (χ4n) is 6.41. The van der Waals surface area contributed by atoms with Gasteiger partial charge in [-0.15, -0.1) is 6.58 Å². The van der Waals surface area contributed by atoms with Crippen molar-refractivity contribution in [3.63, 3.8) is 0 Å². The Morgan fingerprint density at radius 2 is 1.62 bits per heavy atom. The first-order chi connectivity index (χ1) is 28.0. The fraction of sp³-hybridized carbons (Fsp3) is 0.512. The van der Waals surface area contributed by atoms with Crippen LogP contribution in [0.3, 0.4) is 0 Å². The molecule has 1 heterocycles. The maximum absolute atomic E-state index is 14.2. The van der Waals surface area contributed by atoms with Crippen LogP contribution in [0, 0.1) is 23.0 Å². The lowest BCUT2D eigenvalue weighted by molar-refractivity contribution is -0.143. The molecular formula is C41H52F2N6O10S. The summed E-state index contributed by atoms with van der Waals surface area (Å²) in [7, 11) is -3.93. The fourth-order valence-corrected chi connectivity index (χ4v) is 7.77. The number of amides is 5. The number of alkyl carbamates (subject to hydrolysis) is 2. The molecule has 0 bridgehead atoms. The SMILES string of the molecule is C=CC1C[C@]1(NC(=O)[C@@H]1C[C@@H](OC(=O)NCc2cccc(F)c2)CN1C(=O)[C@@H](NC(=O)OC(C)(C)C)C(C)(C)C)C(=O)NS(=O)(=O)C1CC1.O=C=NCc1cccc(F)c1. The summed E-state index contributed by atoms with van der Waals surface area (Å²) in [6.45, 7) is 13.7. The number of isocyanates is 1. The lowest BCUT2D eigenvalue weighted by Crippen LogP contribution is -2.60. The first-order valence-electron chi connectivity index (χ1n) is 19.3. The minimum Gasteiger partial charge on any atom is -0.444 e. The number of hydrogen-bond acceptors (Lipinski definition) is 11. The second-order valence-corrected chi connectivity index (χ2v) is 18.9. The molecule has 3 fully saturated rings. The van der Waals surface area contributed by atoms with Crippen molar-refractivity contribution in [2.75, 3.05) is 6.54 Å². The van der Waals surface area contributed by atoms with E-state index < -0.39 is 91.7 Å². The van der Waals surface area contributed by atoms with Crippen LogP contribution < -0.4 is 20.7 Å². The predicted molar refractivity (Wildman–Crippen MR) is 214 cm³/mol. The van der Waals surface area contributed by atoms with Crippen molar-refractivity contribution in [1.82, 2.24) is 25.6 Å². The number of halogens is 2. The highest BCUT2D eigenvalue weighted by atomic mass is 32.2. The molecule has 1 aliphatic heterocycles. The number of carbonyl (C=O) groups is 5. The third-order valence-corrected chi connectivity index (χ3v) is 11.5. The number of ether oxygens (including phenoxy) is 2. The first-order valence-corrected chi connectivity index (χ1v) is 20.8. The zero-order valence-corrected chi connectivity index (χ0v) is 35.2. The maximum Gasteiger partial charge on any atom is 0.408 e. The van der Waals surface area contributed by atoms with Gasteiger partial charge >= 0.3 is 12.2 Å². The van der Waals surface area contributed by atoms with E-state index in [0.29, 0.717) is 24.0 Å². The normalized spacial score (nSPS) is 21.4. The Balaban J connectivity index is 0.000000624. The highest BCUT2D eigenvalue weighted by Gasteiger charge is 2.62. The van der Waals surface area contributed by atoms with Crippen molar-refractivity contribution in [3.8, 4) is 0 Å². The van der Waals surface area contributed by atoms with E-state index in [1.807, 2.05) is 0 Å². The number of likely N-dealkylation sites (tertiary alicyclic amines) is 1. The van der Waals surface area contributed by atoms with Gasteiger partial charge in [0.2, 0.25) is 27.9 Å². The van der Waals surface area contributed by atoms with E-state index in [-0.39, 0.29) is 38.3 Å². The number of hydrogen-bond donors (Lipinski definition) is 4. The molecule has 326 valence electrons. The number of nitrogens with one attached hydrogen (secondary N) is 4. The lowest BCUT2D eigenvalue weighted by Gasteiger charge is -2.36. The molecule has 2 aliphatic carbocycles. The predicted octanol–water partition coefficient (Wildman–Crippen LogP) is 4.29. The van der Waals surface area contributed by atoms with Gasteiger partial charge in [0, 0.05) is 18.9 Å². The van der Waals surface area contributed by atoms with Gasteiger partial charge in [0.05, 0.1) is 18.3 Å². The van der Waals surface area contributed by atoms with Crippen LogP contribution in [0.4, 0.5) is 18.4 Å². The van der Waals surface area contributed by atoms with Crippen LogP contribution >= 0.6 is 0 Å². The molecule has 19 heteroatoms. The molecule has 4 N–H and O–H groups in total. The Morgan fingerprint density at radius 3 is 2.15 bits per heavy atom. The van der Waals surface area contributed by atoms with E-state index in [9.17, 15) is 46.0 Å². The van der Waals surface area contributed by atoms with Crippen LogP contribution in [0.25, 0.3) is 0 Å². The number of aliphatic imine (C=N–C) groups is 1. The topological polar surface area (TPSA) is 219 Å². The molecular weight excluding hydrogens is 807 g/mol. The van der Waals surface area contributed by atoms with Gasteiger partial charge in [-0.25, -0.2) is 36.6 Å². The molecule has 5 atom stereocenters. The molecule has 0 aromatic heterocycles. The largest absolute Gasteiger partial charge is 0.444 e. The van der Waals surface area contributed by atoms with Crippen molar-refractivity contribution in [1.29, 1.82) is 0 Å². The third-order valence-electron chi connectivity index (χ3n) is 9.69. The maximum atomic E-state index is 14.2. The molecule has 2 saturated carbocycles. The van der Waals surface area contributed by atoms with Crippen molar-refractivity contribution < 1.29 is 55.4 Å². The van der Waals surface area contributed by atoms with Crippen LogP contribution in [0.5, 0.6) is 0 Å². The zero-order valence-electron chi connectivity index (χ0n) is 34.4. The summed E-state index contributed by atoms with van der Waals surface area (Å²) in [5, 5.41) is 7.12. The van der Waals surface area contributed by atoms with E-state index in [1.165, 1.54) is 47.4 Å². The Morgan fingerprint density at radius 1 is 1.00 bits per heavy atom. The van der Waals surface area contributed by atoms with E-state index in [1.54, 1.807) is 59.7 Å². The molecule has 0 spiro atoms. The molecule has 5 amide bonds. The minimum absolute atomic E-state index is 0.0495. The summed E-state index contributed by atoms with van der Waals surface area (Å²) in [5.74, 6) is -3.73. The summed E-state index contributed by atoms with van der Waals surface area (Å²) >= 11 is 0. The van der Waals surface area contributed by atoms with E-state index in [0.717, 1.165) is 0 Å². The molecule has 16 nitrogen and oxygen atoms in total. The molecule has 1 saturated heterocycles. The van der Waals surface area contributed by atoms with Gasteiger partial charge in [0.15, 0.2) is 0 Å². The van der Waals surface area contributed by atoms with Gasteiger partial charge in [0.1, 0.15) is 41.0 Å². The summed E-state index contributed by atoms with van der Waals surface area (Å²) in [6, 6.07) is 9.08. The smallest absolute Gasteiger partial charge is 0.408 e. The van der Waals surface area contributed by atoms with Gasteiger partial charge in [-0.1, -0.05) is 51.1 Å². The zero-order chi connectivity index (χ0) is 44.6. The Kier molecular flexibility index (Phi) is 15.0. The summed E-state index contributed by atoms with van der Waals surface area (Å²) in [4.78, 5) is 81.2. The van der Waals surface area contributed by atoms with Gasteiger partial charge in [0.25, 0.3) is 5.91 Å². The molecule has 5 rings (SSSR count). The van der Waals surface area contributed by atoms with Crippen LogP contribution in [-0.2, 0) is 51.8 Å². The van der Waals surface area contributed by atoms with Crippen molar-refractivity contribution in [2.45, 2.75) is 115 Å². The number of nitrogens with zero attached hydrogens (tertiary/aromatic N) is 2.